The second-order valence-corrected chi connectivity index (χ2v) is 10.9. The van der Waals surface area contributed by atoms with E-state index in [0.717, 1.165) is 17.8 Å². The van der Waals surface area contributed by atoms with Crippen LogP contribution in [-0.2, 0) is 25.6 Å². The molecule has 2 aliphatic rings. The van der Waals surface area contributed by atoms with Crippen LogP contribution < -0.4 is 31.7 Å². The maximum Gasteiger partial charge on any atom is 0.283 e. The summed E-state index contributed by atoms with van der Waals surface area (Å²) in [5, 5.41) is 22.3. The van der Waals surface area contributed by atoms with Gasteiger partial charge in [-0.05, 0) is 56.0 Å². The number of ether oxygens (including phenoxy) is 1. The molecule has 3 atom stereocenters. The highest BCUT2D eigenvalue weighted by molar-refractivity contribution is 7.99. The van der Waals surface area contributed by atoms with Gasteiger partial charge in [0.15, 0.2) is 0 Å². The average Bonchev–Trinajstić information content (AvgIpc) is 2.97. The summed E-state index contributed by atoms with van der Waals surface area (Å²) in [6, 6.07) is 7.55. The lowest BCUT2D eigenvalue weighted by atomic mass is 10.1. The summed E-state index contributed by atoms with van der Waals surface area (Å²) in [4.78, 5) is 74.7. The summed E-state index contributed by atoms with van der Waals surface area (Å²) in [5.74, 6) is -2.49. The molecule has 0 saturated heterocycles. The zero-order chi connectivity index (χ0) is 31.5. The van der Waals surface area contributed by atoms with Crippen molar-refractivity contribution < 1.29 is 33.6 Å². The number of carbonyl (C=O) groups is 5. The van der Waals surface area contributed by atoms with E-state index in [1.165, 1.54) is 26.2 Å². The van der Waals surface area contributed by atoms with Crippen molar-refractivity contribution >= 4 is 47.0 Å². The number of nitrogens with zero attached hydrogens (tertiary/aromatic N) is 1. The summed E-state index contributed by atoms with van der Waals surface area (Å²) in [6.45, 7) is 1.61. The Labute approximate surface area is 252 Å². The van der Waals surface area contributed by atoms with Gasteiger partial charge < -0.3 is 31.7 Å². The van der Waals surface area contributed by atoms with Gasteiger partial charge in [-0.15, -0.1) is 11.8 Å². The molecule has 2 aromatic carbocycles. The molecule has 230 valence electrons. The zero-order valence-electron chi connectivity index (χ0n) is 23.7. The van der Waals surface area contributed by atoms with Gasteiger partial charge in [0.2, 0.25) is 23.6 Å². The number of primary amides is 1. The predicted octanol–water partition coefficient (Wildman–Crippen LogP) is 0.812. The molecule has 4 rings (SSSR count). The lowest BCUT2D eigenvalue weighted by Gasteiger charge is -2.20. The number of hydrogen-bond donors (Lipinski definition) is 5. The fourth-order valence-corrected chi connectivity index (χ4v) is 5.22. The molecular weight excluding hydrogens is 580 g/mol. The number of thioether (sulfide) groups is 1. The molecule has 0 spiro atoms. The smallest absolute Gasteiger partial charge is 0.283 e. The first-order chi connectivity index (χ1) is 20.5. The second kappa shape index (κ2) is 15.5. The molecule has 2 heterocycles. The van der Waals surface area contributed by atoms with Gasteiger partial charge in [-0.25, -0.2) is 0 Å². The Morgan fingerprint density at radius 3 is 2.47 bits per heavy atom. The minimum atomic E-state index is -1.06. The number of nitrogens with one attached hydrogen (secondary N) is 4. The molecule has 0 aromatic heterocycles. The molecule has 0 unspecified atom stereocenters. The van der Waals surface area contributed by atoms with E-state index in [9.17, 15) is 34.1 Å². The number of nitro groups is 1. The predicted molar refractivity (Wildman–Crippen MR) is 157 cm³/mol. The van der Waals surface area contributed by atoms with E-state index in [2.05, 4.69) is 21.3 Å². The molecular formula is C28H34N6O8S. The molecule has 43 heavy (non-hydrogen) atoms. The van der Waals surface area contributed by atoms with Crippen LogP contribution in [0.1, 0.15) is 42.1 Å². The lowest BCUT2D eigenvalue weighted by Crippen LogP contribution is -2.51. The van der Waals surface area contributed by atoms with Gasteiger partial charge in [0.1, 0.15) is 23.9 Å². The SMILES string of the molecule is COc1ccc(CC(=O)N[C@@H]2CSc3ccc(cc3[N+](=O)[O-])C(=O)N[C@H](C)C(=O)N[C@@H](C(N)=O)CCCCNC2=O)cc1. The lowest BCUT2D eigenvalue weighted by molar-refractivity contribution is -0.387. The monoisotopic (exact) mass is 614 g/mol. The van der Waals surface area contributed by atoms with Crippen LogP contribution >= 0.6 is 11.8 Å². The number of nitrogens with two attached hydrogens (primary N) is 1. The van der Waals surface area contributed by atoms with Crippen LogP contribution in [0.15, 0.2) is 47.4 Å². The Bertz CT molecular complexity index is 1370. The Hall–Kier alpha value is -4.66. The fraction of sp³-hybridized carbons (Fsp3) is 0.393. The summed E-state index contributed by atoms with van der Waals surface area (Å²) in [6.07, 6.45) is 1.04. The Balaban J connectivity index is 1.84. The van der Waals surface area contributed by atoms with Gasteiger partial charge in [0, 0.05) is 23.9 Å². The highest BCUT2D eigenvalue weighted by Crippen LogP contribution is 2.31. The Morgan fingerprint density at radius 1 is 1.09 bits per heavy atom. The largest absolute Gasteiger partial charge is 0.497 e. The number of nitro benzene ring substituents is 1. The van der Waals surface area contributed by atoms with Gasteiger partial charge in [0.25, 0.3) is 11.6 Å². The first kappa shape index (κ1) is 32.8. The topological polar surface area (TPSA) is 212 Å². The van der Waals surface area contributed by atoms with E-state index in [-0.39, 0.29) is 41.3 Å². The third-order valence-electron chi connectivity index (χ3n) is 6.62. The number of fused-ring (bicyclic) bond motifs is 16. The minimum Gasteiger partial charge on any atom is -0.497 e. The van der Waals surface area contributed by atoms with E-state index in [1.807, 2.05) is 0 Å². The third-order valence-corrected chi connectivity index (χ3v) is 7.77. The van der Waals surface area contributed by atoms with Crippen molar-refractivity contribution in [1.82, 2.24) is 21.3 Å². The van der Waals surface area contributed by atoms with Crippen molar-refractivity contribution in [2.75, 3.05) is 19.4 Å². The van der Waals surface area contributed by atoms with Crippen molar-refractivity contribution in [3.05, 3.63) is 63.7 Å². The van der Waals surface area contributed by atoms with E-state index in [4.69, 9.17) is 10.5 Å². The van der Waals surface area contributed by atoms with Crippen molar-refractivity contribution in [3.63, 3.8) is 0 Å². The number of rotatable bonds is 6. The Morgan fingerprint density at radius 2 is 1.81 bits per heavy atom. The molecule has 2 aliphatic heterocycles. The molecule has 2 bridgehead atoms. The van der Waals surface area contributed by atoms with Crippen LogP contribution in [0.4, 0.5) is 5.69 Å². The van der Waals surface area contributed by atoms with E-state index < -0.39 is 52.6 Å². The number of carbonyl (C=O) groups excluding carboxylic acids is 5. The van der Waals surface area contributed by atoms with E-state index in [1.54, 1.807) is 24.3 Å². The normalized spacial score (nSPS) is 20.3. The first-order valence-corrected chi connectivity index (χ1v) is 14.5. The van der Waals surface area contributed by atoms with Crippen molar-refractivity contribution in [3.8, 4) is 5.75 Å². The highest BCUT2D eigenvalue weighted by atomic mass is 32.2. The highest BCUT2D eigenvalue weighted by Gasteiger charge is 2.27. The van der Waals surface area contributed by atoms with Crippen LogP contribution in [0, 0.1) is 10.1 Å². The minimum absolute atomic E-state index is 0.0129. The maximum atomic E-state index is 13.1. The molecule has 2 aromatic rings. The summed E-state index contributed by atoms with van der Waals surface area (Å²) < 4.78 is 5.13. The van der Waals surface area contributed by atoms with Crippen LogP contribution in [0.25, 0.3) is 0 Å². The molecule has 0 fully saturated rings. The number of hydrogen-bond acceptors (Lipinski definition) is 9. The van der Waals surface area contributed by atoms with Crippen LogP contribution in [0.3, 0.4) is 0 Å². The molecule has 14 nitrogen and oxygen atoms in total. The van der Waals surface area contributed by atoms with Gasteiger partial charge in [-0.1, -0.05) is 12.1 Å². The molecule has 15 heteroatoms. The number of benzene rings is 2. The van der Waals surface area contributed by atoms with Crippen LogP contribution in [0.2, 0.25) is 0 Å². The van der Waals surface area contributed by atoms with Gasteiger partial charge in [-0.3, -0.25) is 34.1 Å². The standard InChI is InChI=1S/C28H34N6O8S/c1-16-26(37)33-20(25(29)36)5-3-4-12-30-28(39)21(32-24(35)13-17-6-9-19(42-2)10-7-17)15-43-23-11-8-18(27(38)31-16)14-22(23)34(40)41/h6-11,14,16,20-21H,3-5,12-13,15H2,1-2H3,(H2,29,36)(H,30,39)(H,31,38)(H,32,35)(H,33,37)/t16-,20-,21-/m1/s1. The molecule has 6 N–H and O–H groups in total. The first-order valence-electron chi connectivity index (χ1n) is 13.5. The zero-order valence-corrected chi connectivity index (χ0v) is 24.5. The second-order valence-electron chi connectivity index (χ2n) is 9.84. The van der Waals surface area contributed by atoms with Crippen molar-refractivity contribution in [1.29, 1.82) is 0 Å². The number of methoxy groups -OCH3 is 1. The maximum absolute atomic E-state index is 13.1. The summed E-state index contributed by atoms with van der Waals surface area (Å²) in [7, 11) is 1.53. The number of amides is 5. The van der Waals surface area contributed by atoms with Crippen LogP contribution in [0.5, 0.6) is 5.75 Å². The average molecular weight is 615 g/mol. The van der Waals surface area contributed by atoms with Crippen molar-refractivity contribution in [2.45, 2.75) is 55.6 Å². The molecule has 0 aliphatic carbocycles. The summed E-state index contributed by atoms with van der Waals surface area (Å²) >= 11 is 0.981. The van der Waals surface area contributed by atoms with Gasteiger partial charge >= 0.3 is 0 Å². The quantitative estimate of drug-likeness (QED) is 0.230. The van der Waals surface area contributed by atoms with Gasteiger partial charge in [0.05, 0.1) is 23.3 Å². The Kier molecular flexibility index (Phi) is 11.9. The third kappa shape index (κ3) is 9.70. The van der Waals surface area contributed by atoms with E-state index >= 15 is 0 Å². The fourth-order valence-electron chi connectivity index (χ4n) is 4.19. The molecule has 0 radical (unpaired) electrons. The van der Waals surface area contributed by atoms with Crippen molar-refractivity contribution in [2.24, 2.45) is 5.73 Å². The molecule has 5 amide bonds. The van der Waals surface area contributed by atoms with E-state index in [0.29, 0.717) is 24.2 Å². The van der Waals surface area contributed by atoms with Crippen LogP contribution in [-0.4, -0.2) is 72.0 Å². The van der Waals surface area contributed by atoms with Gasteiger partial charge in [-0.2, -0.15) is 0 Å². The summed E-state index contributed by atoms with van der Waals surface area (Å²) in [5.41, 5.74) is 5.68. The molecule has 0 saturated carbocycles.